The van der Waals surface area contributed by atoms with Gasteiger partial charge in [-0.1, -0.05) is 55.8 Å². The Morgan fingerprint density at radius 2 is 1.79 bits per heavy atom. The average molecular weight is 344 g/mol. The van der Waals surface area contributed by atoms with Crippen LogP contribution in [0.5, 0.6) is 5.75 Å². The lowest BCUT2D eigenvalue weighted by Crippen LogP contribution is -2.10. The minimum absolute atomic E-state index is 0.766. The summed E-state index contributed by atoms with van der Waals surface area (Å²) in [5.41, 5.74) is 2.27. The second-order valence-electron chi connectivity index (χ2n) is 6.65. The van der Waals surface area contributed by atoms with Gasteiger partial charge < -0.3 is 10.1 Å². The zero-order valence-corrected chi connectivity index (χ0v) is 14.9. The zero-order chi connectivity index (χ0) is 16.6. The highest BCUT2D eigenvalue weighted by Crippen LogP contribution is 2.26. The minimum Gasteiger partial charge on any atom is -0.494 e. The first kappa shape index (κ1) is 17.2. The van der Waals surface area contributed by atoms with E-state index in [0.717, 1.165) is 35.5 Å². The smallest absolute Gasteiger partial charge is 0.119 e. The fourth-order valence-corrected chi connectivity index (χ4v) is 3.55. The predicted octanol–water partition coefficient (Wildman–Crippen LogP) is 6.30. The molecule has 2 nitrogen and oxygen atoms in total. The summed E-state index contributed by atoms with van der Waals surface area (Å²) in [5, 5.41) is 4.18. The molecule has 24 heavy (non-hydrogen) atoms. The van der Waals surface area contributed by atoms with Gasteiger partial charge in [-0.3, -0.25) is 0 Å². The van der Waals surface area contributed by atoms with E-state index in [1.807, 2.05) is 30.3 Å². The van der Waals surface area contributed by atoms with Crippen LogP contribution in [0.25, 0.3) is 0 Å². The molecule has 0 heterocycles. The molecule has 0 aromatic heterocycles. The molecule has 2 aromatic rings. The molecule has 3 rings (SSSR count). The van der Waals surface area contributed by atoms with Crippen molar-refractivity contribution in [2.24, 2.45) is 5.92 Å². The lowest BCUT2D eigenvalue weighted by atomic mass is 9.87. The van der Waals surface area contributed by atoms with Crippen molar-refractivity contribution in [1.29, 1.82) is 0 Å². The number of hydrogen-bond donors (Lipinski definition) is 1. The Morgan fingerprint density at radius 3 is 2.54 bits per heavy atom. The Kier molecular flexibility index (Phi) is 6.42. The summed E-state index contributed by atoms with van der Waals surface area (Å²) in [6.07, 6.45) is 8.18. The lowest BCUT2D eigenvalue weighted by molar-refractivity contribution is 0.246. The van der Waals surface area contributed by atoms with Crippen LogP contribution in [0.2, 0.25) is 5.02 Å². The van der Waals surface area contributed by atoms with Crippen LogP contribution in [-0.4, -0.2) is 6.61 Å². The number of anilines is 1. The van der Waals surface area contributed by atoms with Crippen LogP contribution in [0, 0.1) is 5.92 Å². The molecule has 1 fully saturated rings. The van der Waals surface area contributed by atoms with Crippen molar-refractivity contribution in [3.8, 4) is 5.75 Å². The van der Waals surface area contributed by atoms with Crippen LogP contribution in [0.15, 0.2) is 48.5 Å². The van der Waals surface area contributed by atoms with Crippen molar-refractivity contribution >= 4 is 17.3 Å². The maximum atomic E-state index is 6.01. The zero-order valence-electron chi connectivity index (χ0n) is 14.1. The predicted molar refractivity (Wildman–Crippen MR) is 102 cm³/mol. The standard InChI is InChI=1S/C21H26ClNO/c22-19-8-4-7-18(15-19)16-23-20-9-11-21(12-10-20)24-14-13-17-5-2-1-3-6-17/h4,7-12,15,17,23H,1-3,5-6,13-14,16H2. The first-order valence-corrected chi connectivity index (χ1v) is 9.38. The van der Waals surface area contributed by atoms with E-state index in [1.165, 1.54) is 44.1 Å². The van der Waals surface area contributed by atoms with Gasteiger partial charge in [-0.05, 0) is 54.3 Å². The molecule has 0 aliphatic heterocycles. The number of ether oxygens (including phenoxy) is 1. The Bertz CT molecular complexity index is 620. The van der Waals surface area contributed by atoms with Gasteiger partial charge in [0.15, 0.2) is 0 Å². The van der Waals surface area contributed by atoms with Gasteiger partial charge in [0.25, 0.3) is 0 Å². The number of benzene rings is 2. The van der Waals surface area contributed by atoms with Gasteiger partial charge in [0.1, 0.15) is 5.75 Å². The Balaban J connectivity index is 1.41. The molecular weight excluding hydrogens is 318 g/mol. The molecule has 0 bridgehead atoms. The maximum absolute atomic E-state index is 6.01. The summed E-state index contributed by atoms with van der Waals surface area (Å²) in [6, 6.07) is 16.1. The molecule has 0 unspecified atom stereocenters. The topological polar surface area (TPSA) is 21.3 Å². The highest BCUT2D eigenvalue weighted by atomic mass is 35.5. The average Bonchev–Trinajstić information content (AvgIpc) is 2.62. The van der Waals surface area contributed by atoms with Crippen LogP contribution in [0.1, 0.15) is 44.1 Å². The molecule has 1 aliphatic rings. The first-order chi connectivity index (χ1) is 11.8. The van der Waals surface area contributed by atoms with E-state index in [1.54, 1.807) is 0 Å². The third-order valence-corrected chi connectivity index (χ3v) is 4.99. The van der Waals surface area contributed by atoms with Crippen molar-refractivity contribution in [3.05, 3.63) is 59.1 Å². The number of nitrogens with one attached hydrogen (secondary N) is 1. The summed E-state index contributed by atoms with van der Waals surface area (Å²) < 4.78 is 5.90. The van der Waals surface area contributed by atoms with Gasteiger partial charge in [0.2, 0.25) is 0 Å². The summed E-state index contributed by atoms with van der Waals surface area (Å²) in [5.74, 6) is 1.83. The van der Waals surface area contributed by atoms with Gasteiger partial charge in [0.05, 0.1) is 6.61 Å². The molecule has 0 spiro atoms. The molecule has 0 radical (unpaired) electrons. The summed E-state index contributed by atoms with van der Waals surface area (Å²) in [6.45, 7) is 1.60. The van der Waals surface area contributed by atoms with Crippen molar-refractivity contribution in [2.75, 3.05) is 11.9 Å². The van der Waals surface area contributed by atoms with E-state index >= 15 is 0 Å². The third-order valence-electron chi connectivity index (χ3n) is 4.76. The van der Waals surface area contributed by atoms with Crippen LogP contribution >= 0.6 is 11.6 Å². The molecule has 1 aliphatic carbocycles. The van der Waals surface area contributed by atoms with Gasteiger partial charge >= 0.3 is 0 Å². The SMILES string of the molecule is Clc1cccc(CNc2ccc(OCCC3CCCCC3)cc2)c1. The largest absolute Gasteiger partial charge is 0.494 e. The van der Waals surface area contributed by atoms with Gasteiger partial charge in [-0.15, -0.1) is 0 Å². The second-order valence-corrected chi connectivity index (χ2v) is 7.09. The van der Waals surface area contributed by atoms with Crippen molar-refractivity contribution in [2.45, 2.75) is 45.1 Å². The number of hydrogen-bond acceptors (Lipinski definition) is 2. The molecule has 2 aromatic carbocycles. The summed E-state index contributed by atoms with van der Waals surface area (Å²) in [7, 11) is 0. The fourth-order valence-electron chi connectivity index (χ4n) is 3.34. The van der Waals surface area contributed by atoms with E-state index in [-0.39, 0.29) is 0 Å². The van der Waals surface area contributed by atoms with Crippen molar-refractivity contribution in [3.63, 3.8) is 0 Å². The van der Waals surface area contributed by atoms with Crippen molar-refractivity contribution in [1.82, 2.24) is 0 Å². The highest BCUT2D eigenvalue weighted by molar-refractivity contribution is 6.30. The maximum Gasteiger partial charge on any atom is 0.119 e. The monoisotopic (exact) mass is 343 g/mol. The van der Waals surface area contributed by atoms with Crippen LogP contribution < -0.4 is 10.1 Å². The van der Waals surface area contributed by atoms with E-state index in [0.29, 0.717) is 0 Å². The van der Waals surface area contributed by atoms with E-state index in [4.69, 9.17) is 16.3 Å². The fraction of sp³-hybridized carbons (Fsp3) is 0.429. The molecule has 3 heteroatoms. The van der Waals surface area contributed by atoms with E-state index < -0.39 is 0 Å². The molecule has 1 N–H and O–H groups in total. The van der Waals surface area contributed by atoms with Gasteiger partial charge in [-0.25, -0.2) is 0 Å². The normalized spacial score (nSPS) is 15.2. The Hall–Kier alpha value is -1.67. The molecule has 1 saturated carbocycles. The highest BCUT2D eigenvalue weighted by Gasteiger charge is 2.13. The second kappa shape index (κ2) is 8.98. The summed E-state index contributed by atoms with van der Waals surface area (Å²) >= 11 is 6.01. The molecule has 0 saturated heterocycles. The molecule has 0 atom stereocenters. The van der Waals surface area contributed by atoms with Crippen LogP contribution in [0.4, 0.5) is 5.69 Å². The first-order valence-electron chi connectivity index (χ1n) is 9.01. The van der Waals surface area contributed by atoms with Crippen LogP contribution in [-0.2, 0) is 6.54 Å². The quantitative estimate of drug-likeness (QED) is 0.636. The Morgan fingerprint density at radius 1 is 1.00 bits per heavy atom. The third kappa shape index (κ3) is 5.45. The van der Waals surface area contributed by atoms with Gasteiger partial charge in [0, 0.05) is 17.3 Å². The van der Waals surface area contributed by atoms with E-state index in [9.17, 15) is 0 Å². The molecule has 0 amide bonds. The number of rotatable bonds is 7. The summed E-state index contributed by atoms with van der Waals surface area (Å²) in [4.78, 5) is 0. The Labute approximate surface area is 150 Å². The molecular formula is C21H26ClNO. The number of halogens is 1. The lowest BCUT2D eigenvalue weighted by Gasteiger charge is -2.21. The van der Waals surface area contributed by atoms with Crippen LogP contribution in [0.3, 0.4) is 0 Å². The van der Waals surface area contributed by atoms with Gasteiger partial charge in [-0.2, -0.15) is 0 Å². The minimum atomic E-state index is 0.766. The van der Waals surface area contributed by atoms with E-state index in [2.05, 4.69) is 23.5 Å². The molecule has 128 valence electrons. The van der Waals surface area contributed by atoms with Crippen molar-refractivity contribution < 1.29 is 4.74 Å².